The zero-order valence-corrected chi connectivity index (χ0v) is 33.9. The molecule has 0 N–H and O–H groups in total. The largest absolute Gasteiger partial charge is 0.497 e. The SMILES string of the molecule is COc1cccc(CN(Cc2cccc(OC)c2)C(=O)OCCOC(=O)c2cccc(C(=O)OCCOC(=O)N(Cc3cccc(OC)c3)Cc3cccc(OC)c3)n2)c1. The average molecular weight is 822 g/mol. The van der Waals surface area contributed by atoms with Crippen LogP contribution in [0.5, 0.6) is 23.0 Å². The molecule has 0 atom stereocenters. The normalized spacial score (nSPS) is 10.5. The smallest absolute Gasteiger partial charge is 0.410 e. The van der Waals surface area contributed by atoms with Gasteiger partial charge in [0.2, 0.25) is 0 Å². The Balaban J connectivity index is 1.10. The van der Waals surface area contributed by atoms with Gasteiger partial charge in [-0.05, 0) is 82.9 Å². The first-order valence-corrected chi connectivity index (χ1v) is 18.8. The number of pyridine rings is 1. The summed E-state index contributed by atoms with van der Waals surface area (Å²) in [5.74, 6) is 0.896. The van der Waals surface area contributed by atoms with Crippen molar-refractivity contribution >= 4 is 24.1 Å². The van der Waals surface area contributed by atoms with E-state index in [1.807, 2.05) is 97.1 Å². The molecule has 0 saturated carbocycles. The maximum atomic E-state index is 13.3. The molecule has 0 aliphatic carbocycles. The summed E-state index contributed by atoms with van der Waals surface area (Å²) in [6, 6.07) is 33.5. The molecule has 60 heavy (non-hydrogen) atoms. The number of nitrogens with zero attached hydrogens (tertiary/aromatic N) is 3. The zero-order valence-electron chi connectivity index (χ0n) is 33.9. The molecule has 0 radical (unpaired) electrons. The zero-order chi connectivity index (χ0) is 42.7. The lowest BCUT2D eigenvalue weighted by molar-refractivity contribution is 0.0331. The summed E-state index contributed by atoms with van der Waals surface area (Å²) < 4.78 is 42.9. The number of hydrogen-bond acceptors (Lipinski definition) is 13. The molecule has 5 rings (SSSR count). The summed E-state index contributed by atoms with van der Waals surface area (Å²) in [6.45, 7) is -0.159. The fraction of sp³-hybridized carbons (Fsp3) is 0.267. The third-order valence-electron chi connectivity index (χ3n) is 8.80. The number of carbonyl (C=O) groups excluding carboxylic acids is 4. The van der Waals surface area contributed by atoms with Gasteiger partial charge in [0, 0.05) is 26.2 Å². The Bertz CT molecular complexity index is 1960. The number of amides is 2. The van der Waals surface area contributed by atoms with E-state index >= 15 is 0 Å². The fourth-order valence-electron chi connectivity index (χ4n) is 5.85. The first-order chi connectivity index (χ1) is 29.2. The van der Waals surface area contributed by atoms with Gasteiger partial charge in [-0.25, -0.2) is 24.2 Å². The van der Waals surface area contributed by atoms with Crippen LogP contribution in [0.3, 0.4) is 0 Å². The lowest BCUT2D eigenvalue weighted by Gasteiger charge is -2.23. The third kappa shape index (κ3) is 13.4. The van der Waals surface area contributed by atoms with E-state index in [2.05, 4.69) is 4.98 Å². The Labute approximate surface area is 348 Å². The van der Waals surface area contributed by atoms with E-state index in [0.717, 1.165) is 22.3 Å². The molecule has 2 amide bonds. The molecule has 1 aromatic heterocycles. The number of methoxy groups -OCH3 is 4. The van der Waals surface area contributed by atoms with Crippen LogP contribution < -0.4 is 18.9 Å². The van der Waals surface area contributed by atoms with E-state index in [4.69, 9.17) is 37.9 Å². The summed E-state index contributed by atoms with van der Waals surface area (Å²) in [7, 11) is 6.25. The topological polar surface area (TPSA) is 161 Å². The molecule has 1 heterocycles. The highest BCUT2D eigenvalue weighted by atomic mass is 16.6. The van der Waals surface area contributed by atoms with Gasteiger partial charge in [-0.15, -0.1) is 0 Å². The van der Waals surface area contributed by atoms with Crippen LogP contribution in [0.1, 0.15) is 43.2 Å². The van der Waals surface area contributed by atoms with Gasteiger partial charge in [-0.3, -0.25) is 9.80 Å². The summed E-state index contributed by atoms with van der Waals surface area (Å²) in [5, 5.41) is 0. The second-order valence-electron chi connectivity index (χ2n) is 13.0. The lowest BCUT2D eigenvalue weighted by atomic mass is 10.1. The molecular weight excluding hydrogens is 775 g/mol. The molecule has 0 unspecified atom stereocenters. The lowest BCUT2D eigenvalue weighted by Crippen LogP contribution is -2.31. The van der Waals surface area contributed by atoms with E-state index in [1.54, 1.807) is 28.4 Å². The van der Waals surface area contributed by atoms with Gasteiger partial charge in [0.15, 0.2) is 0 Å². The van der Waals surface area contributed by atoms with Gasteiger partial charge in [0.25, 0.3) is 0 Å². The molecule has 314 valence electrons. The van der Waals surface area contributed by atoms with E-state index in [9.17, 15) is 19.2 Å². The monoisotopic (exact) mass is 821 g/mol. The predicted octanol–water partition coefficient (Wildman–Crippen LogP) is 7.11. The van der Waals surface area contributed by atoms with Gasteiger partial charge in [-0.1, -0.05) is 54.6 Å². The molecule has 0 fully saturated rings. The summed E-state index contributed by atoms with van der Waals surface area (Å²) in [6.07, 6.45) is -1.27. The van der Waals surface area contributed by atoms with Crippen molar-refractivity contribution in [2.24, 2.45) is 0 Å². The second kappa shape index (κ2) is 22.6. The van der Waals surface area contributed by atoms with Crippen LogP contribution >= 0.6 is 0 Å². The number of esters is 2. The van der Waals surface area contributed by atoms with Crippen molar-refractivity contribution in [1.29, 1.82) is 0 Å². The van der Waals surface area contributed by atoms with Crippen molar-refractivity contribution in [1.82, 2.24) is 14.8 Å². The molecule has 0 spiro atoms. The number of rotatable bonds is 20. The molecule has 15 nitrogen and oxygen atoms in total. The van der Waals surface area contributed by atoms with Crippen molar-refractivity contribution in [3.63, 3.8) is 0 Å². The van der Waals surface area contributed by atoms with Crippen molar-refractivity contribution in [3.05, 3.63) is 149 Å². The van der Waals surface area contributed by atoms with E-state index < -0.39 is 24.1 Å². The van der Waals surface area contributed by atoms with Gasteiger partial charge >= 0.3 is 24.1 Å². The summed E-state index contributed by atoms with van der Waals surface area (Å²) in [4.78, 5) is 59.3. The van der Waals surface area contributed by atoms with Crippen LogP contribution in [0.15, 0.2) is 115 Å². The van der Waals surface area contributed by atoms with Crippen LogP contribution in [-0.2, 0) is 45.1 Å². The fourth-order valence-corrected chi connectivity index (χ4v) is 5.85. The Morgan fingerprint density at radius 3 is 1.00 bits per heavy atom. The van der Waals surface area contributed by atoms with Gasteiger partial charge < -0.3 is 37.9 Å². The number of aromatic nitrogens is 1. The number of hydrogen-bond donors (Lipinski definition) is 0. The van der Waals surface area contributed by atoms with Crippen LogP contribution in [-0.4, -0.2) is 93.8 Å². The van der Waals surface area contributed by atoms with Gasteiger partial charge in [-0.2, -0.15) is 0 Å². The first kappa shape index (κ1) is 43.8. The third-order valence-corrected chi connectivity index (χ3v) is 8.80. The van der Waals surface area contributed by atoms with Crippen LogP contribution in [0.4, 0.5) is 9.59 Å². The molecule has 4 aromatic carbocycles. The van der Waals surface area contributed by atoms with Crippen LogP contribution in [0.25, 0.3) is 0 Å². The standard InChI is InChI=1S/C45H47N3O12/c1-53-36-14-5-10-32(24-36)28-47(29-33-11-6-15-37(25-33)54-2)44(51)59-22-20-57-42(49)40-18-9-19-41(46-40)43(50)58-21-23-60-45(52)48(30-34-12-7-16-38(26-34)55-3)31-35-13-8-17-39(27-35)56-4/h5-19,24-27H,20-23,28-31H2,1-4H3. The van der Waals surface area contributed by atoms with Crippen molar-refractivity contribution in [3.8, 4) is 23.0 Å². The van der Waals surface area contributed by atoms with Crippen molar-refractivity contribution in [2.45, 2.75) is 26.2 Å². The Hall–Kier alpha value is -7.29. The molecule has 15 heteroatoms. The van der Waals surface area contributed by atoms with Gasteiger partial charge in [0.05, 0.1) is 28.4 Å². The first-order valence-electron chi connectivity index (χ1n) is 18.8. The van der Waals surface area contributed by atoms with Crippen LogP contribution in [0.2, 0.25) is 0 Å². The minimum Gasteiger partial charge on any atom is -0.497 e. The quantitative estimate of drug-likeness (QED) is 0.0444. The highest BCUT2D eigenvalue weighted by Gasteiger charge is 2.20. The average Bonchev–Trinajstić information content (AvgIpc) is 3.28. The van der Waals surface area contributed by atoms with E-state index in [-0.39, 0.29) is 64.0 Å². The van der Waals surface area contributed by atoms with E-state index in [1.165, 1.54) is 28.0 Å². The minimum absolute atomic E-state index is 0.161. The predicted molar refractivity (Wildman–Crippen MR) is 218 cm³/mol. The summed E-state index contributed by atoms with van der Waals surface area (Å²) >= 11 is 0. The Morgan fingerprint density at radius 2 is 0.700 bits per heavy atom. The Kier molecular flexibility index (Phi) is 16.5. The highest BCUT2D eigenvalue weighted by molar-refractivity contribution is 5.91. The number of carbonyl (C=O) groups is 4. The molecular formula is C45H47N3O12. The molecule has 0 aliphatic rings. The molecule has 0 saturated heterocycles. The summed E-state index contributed by atoms with van der Waals surface area (Å²) in [5.41, 5.74) is 2.95. The van der Waals surface area contributed by atoms with Crippen molar-refractivity contribution in [2.75, 3.05) is 54.9 Å². The minimum atomic E-state index is -0.841. The number of benzene rings is 4. The van der Waals surface area contributed by atoms with Crippen LogP contribution in [0, 0.1) is 0 Å². The second-order valence-corrected chi connectivity index (χ2v) is 13.0. The van der Waals surface area contributed by atoms with E-state index in [0.29, 0.717) is 23.0 Å². The molecule has 0 aliphatic heterocycles. The van der Waals surface area contributed by atoms with Crippen molar-refractivity contribution < 1.29 is 57.1 Å². The molecule has 0 bridgehead atoms. The molecule has 5 aromatic rings. The Morgan fingerprint density at radius 1 is 0.417 bits per heavy atom. The number of ether oxygens (including phenoxy) is 8. The maximum absolute atomic E-state index is 13.3. The van der Waals surface area contributed by atoms with Gasteiger partial charge in [0.1, 0.15) is 60.8 Å². The highest BCUT2D eigenvalue weighted by Crippen LogP contribution is 2.21. The maximum Gasteiger partial charge on any atom is 0.410 e.